The molecule has 4 aromatic rings. The summed E-state index contributed by atoms with van der Waals surface area (Å²) in [5.41, 5.74) is 2.33. The molecule has 9 heteroatoms. The quantitative estimate of drug-likeness (QED) is 0.510. The average molecular weight is 446 g/mol. The number of pyridine rings is 1. The highest BCUT2D eigenvalue weighted by atomic mass is 35.5. The van der Waals surface area contributed by atoms with Gasteiger partial charge in [-0.1, -0.05) is 26.8 Å². The number of benzene rings is 1. The Labute approximate surface area is 183 Å². The molecule has 0 aliphatic carbocycles. The number of halogens is 3. The summed E-state index contributed by atoms with van der Waals surface area (Å²) >= 11 is 0. The van der Waals surface area contributed by atoms with Crippen molar-refractivity contribution in [2.75, 3.05) is 0 Å². The molecular formula is C22H22ClF2N5O. The molecule has 0 fully saturated rings. The number of hydrogen-bond donors (Lipinski definition) is 1. The molecule has 0 radical (unpaired) electrons. The molecule has 1 N–H and O–H groups in total. The Hall–Kier alpha value is -3.13. The first kappa shape index (κ1) is 22.6. The van der Waals surface area contributed by atoms with E-state index in [1.807, 2.05) is 20.8 Å². The van der Waals surface area contributed by atoms with Gasteiger partial charge in [-0.3, -0.25) is 9.78 Å². The van der Waals surface area contributed by atoms with Crippen LogP contribution in [0.25, 0.3) is 22.3 Å². The van der Waals surface area contributed by atoms with Gasteiger partial charge < -0.3 is 4.98 Å². The summed E-state index contributed by atoms with van der Waals surface area (Å²) in [7, 11) is 1.77. The lowest BCUT2D eigenvalue weighted by atomic mass is 9.91. The van der Waals surface area contributed by atoms with Gasteiger partial charge in [0.25, 0.3) is 5.56 Å². The third-order valence-corrected chi connectivity index (χ3v) is 4.81. The van der Waals surface area contributed by atoms with E-state index in [0.717, 1.165) is 11.6 Å². The maximum atomic E-state index is 13.4. The fourth-order valence-corrected chi connectivity index (χ4v) is 3.41. The average Bonchev–Trinajstić information content (AvgIpc) is 2.99. The molecular weight excluding hydrogens is 424 g/mol. The molecule has 31 heavy (non-hydrogen) atoms. The lowest BCUT2D eigenvalue weighted by Crippen LogP contribution is -2.18. The van der Waals surface area contributed by atoms with Crippen LogP contribution in [0.1, 0.15) is 37.9 Å². The molecule has 0 amide bonds. The van der Waals surface area contributed by atoms with E-state index < -0.39 is 11.6 Å². The van der Waals surface area contributed by atoms with Gasteiger partial charge in [0.15, 0.2) is 5.65 Å². The van der Waals surface area contributed by atoms with Crippen molar-refractivity contribution in [3.8, 4) is 11.3 Å². The first-order valence-electron chi connectivity index (χ1n) is 9.49. The zero-order chi connectivity index (χ0) is 21.6. The van der Waals surface area contributed by atoms with Crippen LogP contribution in [0.2, 0.25) is 0 Å². The van der Waals surface area contributed by atoms with Crippen LogP contribution in [-0.2, 0) is 18.9 Å². The molecule has 0 aliphatic rings. The second-order valence-corrected chi connectivity index (χ2v) is 8.32. The molecule has 3 aromatic heterocycles. The van der Waals surface area contributed by atoms with Crippen LogP contribution < -0.4 is 5.56 Å². The number of fused-ring (bicyclic) bond motifs is 1. The van der Waals surface area contributed by atoms with Crippen molar-refractivity contribution in [3.63, 3.8) is 0 Å². The summed E-state index contributed by atoms with van der Waals surface area (Å²) in [6.45, 7) is 6.00. The van der Waals surface area contributed by atoms with Gasteiger partial charge in [0, 0.05) is 36.7 Å². The van der Waals surface area contributed by atoms with E-state index in [0.29, 0.717) is 40.2 Å². The highest BCUT2D eigenvalue weighted by Gasteiger charge is 2.25. The van der Waals surface area contributed by atoms with Crippen LogP contribution >= 0.6 is 12.4 Å². The van der Waals surface area contributed by atoms with Gasteiger partial charge in [0.05, 0.1) is 11.4 Å². The van der Waals surface area contributed by atoms with Crippen molar-refractivity contribution in [1.29, 1.82) is 0 Å². The standard InChI is InChI=1S/C22H21F2N5O.ClH/c1-22(2,3)19-18-20(29(4)28-19)26-17(27-21(18)30)7-12-5-6-16(25-11-12)13-8-14(23)10-15(24)9-13;/h5-6,8-11H,7H2,1-4H3,(H,26,27,30);1H. The number of H-pyrrole nitrogens is 1. The van der Waals surface area contributed by atoms with Crippen molar-refractivity contribution in [3.05, 3.63) is 75.6 Å². The third kappa shape index (κ3) is 4.49. The topological polar surface area (TPSA) is 76.5 Å². The van der Waals surface area contributed by atoms with Crippen molar-refractivity contribution in [2.45, 2.75) is 32.6 Å². The number of aromatic amines is 1. The minimum absolute atomic E-state index is 0. The van der Waals surface area contributed by atoms with Crippen LogP contribution in [0.15, 0.2) is 41.3 Å². The smallest absolute Gasteiger partial charge is 0.262 e. The normalized spacial score (nSPS) is 11.5. The van der Waals surface area contributed by atoms with Crippen LogP contribution in [0.5, 0.6) is 0 Å². The van der Waals surface area contributed by atoms with E-state index >= 15 is 0 Å². The molecule has 1 aromatic carbocycles. The summed E-state index contributed by atoms with van der Waals surface area (Å²) in [5.74, 6) is -0.823. The van der Waals surface area contributed by atoms with Gasteiger partial charge in [-0.2, -0.15) is 5.10 Å². The number of aromatic nitrogens is 5. The number of nitrogens with one attached hydrogen (secondary N) is 1. The Morgan fingerprint density at radius 2 is 1.77 bits per heavy atom. The van der Waals surface area contributed by atoms with Crippen LogP contribution in [0.3, 0.4) is 0 Å². The molecule has 3 heterocycles. The first-order chi connectivity index (χ1) is 14.1. The molecule has 0 saturated carbocycles. The second-order valence-electron chi connectivity index (χ2n) is 8.32. The molecule has 0 atom stereocenters. The summed E-state index contributed by atoms with van der Waals surface area (Å²) in [6.07, 6.45) is 1.96. The molecule has 0 spiro atoms. The Morgan fingerprint density at radius 1 is 1.10 bits per heavy atom. The van der Waals surface area contributed by atoms with Gasteiger partial charge in [0.2, 0.25) is 0 Å². The van der Waals surface area contributed by atoms with Gasteiger partial charge in [-0.05, 0) is 23.8 Å². The van der Waals surface area contributed by atoms with E-state index in [4.69, 9.17) is 0 Å². The Bertz CT molecular complexity index is 1290. The van der Waals surface area contributed by atoms with E-state index in [9.17, 15) is 13.6 Å². The summed E-state index contributed by atoms with van der Waals surface area (Å²) in [6, 6.07) is 6.75. The van der Waals surface area contributed by atoms with Crippen molar-refractivity contribution in [1.82, 2.24) is 24.7 Å². The fourth-order valence-electron chi connectivity index (χ4n) is 3.41. The summed E-state index contributed by atoms with van der Waals surface area (Å²) in [4.78, 5) is 24.5. The highest BCUT2D eigenvalue weighted by molar-refractivity contribution is 5.85. The van der Waals surface area contributed by atoms with Gasteiger partial charge in [-0.15, -0.1) is 12.4 Å². The van der Waals surface area contributed by atoms with E-state index in [-0.39, 0.29) is 23.4 Å². The van der Waals surface area contributed by atoms with Crippen LogP contribution in [-0.4, -0.2) is 24.7 Å². The number of hydrogen-bond acceptors (Lipinski definition) is 4. The van der Waals surface area contributed by atoms with Crippen molar-refractivity contribution in [2.24, 2.45) is 7.05 Å². The molecule has 162 valence electrons. The minimum Gasteiger partial charge on any atom is -0.310 e. The van der Waals surface area contributed by atoms with Crippen molar-refractivity contribution >= 4 is 23.4 Å². The Balaban J connectivity index is 0.00000272. The number of rotatable bonds is 3. The van der Waals surface area contributed by atoms with Gasteiger partial charge in [0.1, 0.15) is 22.8 Å². The van der Waals surface area contributed by atoms with E-state index in [2.05, 4.69) is 20.1 Å². The van der Waals surface area contributed by atoms with Crippen LogP contribution in [0, 0.1) is 11.6 Å². The predicted molar refractivity (Wildman–Crippen MR) is 117 cm³/mol. The minimum atomic E-state index is -0.656. The fraction of sp³-hybridized carbons (Fsp3) is 0.273. The number of nitrogens with zero attached hydrogens (tertiary/aromatic N) is 4. The van der Waals surface area contributed by atoms with Crippen LogP contribution in [0.4, 0.5) is 8.78 Å². The predicted octanol–water partition coefficient (Wildman–Crippen LogP) is 4.31. The van der Waals surface area contributed by atoms with Gasteiger partial charge in [-0.25, -0.2) is 18.4 Å². The molecule has 4 rings (SSSR count). The molecule has 0 bridgehead atoms. The largest absolute Gasteiger partial charge is 0.310 e. The SMILES string of the molecule is Cl.Cn1nc(C(C)(C)C)c2c(=O)[nH]c(Cc3ccc(-c4cc(F)cc(F)c4)nc3)nc21. The number of aryl methyl sites for hydroxylation is 1. The first-order valence-corrected chi connectivity index (χ1v) is 9.49. The zero-order valence-corrected chi connectivity index (χ0v) is 18.3. The summed E-state index contributed by atoms with van der Waals surface area (Å²) < 4.78 is 28.5. The van der Waals surface area contributed by atoms with Crippen molar-refractivity contribution < 1.29 is 8.78 Å². The molecule has 6 nitrogen and oxygen atoms in total. The summed E-state index contributed by atoms with van der Waals surface area (Å²) in [5, 5.41) is 4.99. The zero-order valence-electron chi connectivity index (χ0n) is 17.5. The second kappa shape index (κ2) is 8.19. The Kier molecular flexibility index (Phi) is 5.96. The maximum absolute atomic E-state index is 13.4. The molecule has 0 aliphatic heterocycles. The molecule has 0 saturated heterocycles. The molecule has 0 unspecified atom stereocenters. The lowest BCUT2D eigenvalue weighted by Gasteiger charge is -2.14. The highest BCUT2D eigenvalue weighted by Crippen LogP contribution is 2.26. The maximum Gasteiger partial charge on any atom is 0.262 e. The monoisotopic (exact) mass is 445 g/mol. The van der Waals surface area contributed by atoms with E-state index in [1.165, 1.54) is 12.1 Å². The third-order valence-electron chi connectivity index (χ3n) is 4.81. The Morgan fingerprint density at radius 3 is 2.35 bits per heavy atom. The van der Waals surface area contributed by atoms with E-state index in [1.54, 1.807) is 30.1 Å². The van der Waals surface area contributed by atoms with Gasteiger partial charge >= 0.3 is 0 Å². The lowest BCUT2D eigenvalue weighted by molar-refractivity contribution is 0.557.